The minimum atomic E-state index is -4.68. The number of aliphatic hydroxyl groups excluding tert-OH is 1. The van der Waals surface area contributed by atoms with E-state index in [0.717, 1.165) is 6.42 Å². The minimum Gasteiger partial charge on any atom is -0.382 e. The van der Waals surface area contributed by atoms with Gasteiger partial charge in [-0.15, -0.1) is 12.4 Å². The van der Waals surface area contributed by atoms with E-state index in [9.17, 15) is 18.0 Å². The molecular formula is C8H14ClF3N2O2. The number of carbonyl (C=O) groups is 1. The van der Waals surface area contributed by atoms with Crippen LogP contribution >= 0.6 is 12.4 Å². The van der Waals surface area contributed by atoms with Gasteiger partial charge in [-0.3, -0.25) is 4.79 Å². The van der Waals surface area contributed by atoms with Crippen LogP contribution in [0.25, 0.3) is 0 Å². The van der Waals surface area contributed by atoms with Crippen molar-refractivity contribution >= 4 is 18.3 Å². The Morgan fingerprint density at radius 3 is 2.62 bits per heavy atom. The number of rotatable bonds is 3. The van der Waals surface area contributed by atoms with Crippen molar-refractivity contribution < 1.29 is 23.1 Å². The standard InChI is InChI=1S/C8H13F3N2O2.ClH/c9-8(10,11)6(14)4-13-7(15)5-2-1-3-12-5;/h5-6,12,14H,1-4H2,(H,13,15);1H. The number of halogens is 4. The average Bonchev–Trinajstić information content (AvgIpc) is 2.64. The van der Waals surface area contributed by atoms with Gasteiger partial charge >= 0.3 is 6.18 Å². The highest BCUT2D eigenvalue weighted by molar-refractivity contribution is 5.85. The summed E-state index contributed by atoms with van der Waals surface area (Å²) in [5.41, 5.74) is 0. The van der Waals surface area contributed by atoms with E-state index in [-0.39, 0.29) is 12.4 Å². The zero-order chi connectivity index (χ0) is 11.5. The van der Waals surface area contributed by atoms with Crippen LogP contribution in [0.1, 0.15) is 12.8 Å². The largest absolute Gasteiger partial charge is 0.416 e. The van der Waals surface area contributed by atoms with Crippen LogP contribution in [-0.2, 0) is 4.79 Å². The van der Waals surface area contributed by atoms with Gasteiger partial charge in [0.05, 0.1) is 12.6 Å². The van der Waals surface area contributed by atoms with Gasteiger partial charge in [0.1, 0.15) is 0 Å². The number of nitrogens with one attached hydrogen (secondary N) is 2. The molecule has 0 aromatic rings. The molecule has 0 bridgehead atoms. The Morgan fingerprint density at radius 2 is 2.19 bits per heavy atom. The predicted octanol–water partition coefficient (Wildman–Crippen LogP) is 0.200. The molecule has 4 nitrogen and oxygen atoms in total. The molecule has 1 heterocycles. The molecule has 8 heteroatoms. The van der Waals surface area contributed by atoms with Gasteiger partial charge in [-0.25, -0.2) is 0 Å². The molecule has 1 rings (SSSR count). The lowest BCUT2D eigenvalue weighted by molar-refractivity contribution is -0.201. The molecule has 2 atom stereocenters. The summed E-state index contributed by atoms with van der Waals surface area (Å²) >= 11 is 0. The lowest BCUT2D eigenvalue weighted by atomic mass is 10.2. The number of hydrogen-bond acceptors (Lipinski definition) is 3. The maximum absolute atomic E-state index is 11.9. The SMILES string of the molecule is Cl.O=C(NCC(O)C(F)(F)F)C1CCCN1. The number of carbonyl (C=O) groups excluding carboxylic acids is 1. The normalized spacial score (nSPS) is 22.4. The minimum absolute atomic E-state index is 0. The molecule has 96 valence electrons. The highest BCUT2D eigenvalue weighted by atomic mass is 35.5. The molecule has 3 N–H and O–H groups in total. The van der Waals surface area contributed by atoms with Crippen LogP contribution < -0.4 is 10.6 Å². The fourth-order valence-corrected chi connectivity index (χ4v) is 1.34. The monoisotopic (exact) mass is 262 g/mol. The van der Waals surface area contributed by atoms with Gasteiger partial charge in [0.15, 0.2) is 6.10 Å². The van der Waals surface area contributed by atoms with E-state index >= 15 is 0 Å². The van der Waals surface area contributed by atoms with Crippen LogP contribution in [0, 0.1) is 0 Å². The predicted molar refractivity (Wildman–Crippen MR) is 53.3 cm³/mol. The van der Waals surface area contributed by atoms with Gasteiger partial charge in [-0.1, -0.05) is 0 Å². The molecule has 0 aromatic carbocycles. The van der Waals surface area contributed by atoms with Gasteiger partial charge in [0, 0.05) is 0 Å². The molecule has 0 spiro atoms. The lowest BCUT2D eigenvalue weighted by Gasteiger charge is -2.16. The summed E-state index contributed by atoms with van der Waals surface area (Å²) in [6.07, 6.45) is -5.73. The molecule has 2 unspecified atom stereocenters. The van der Waals surface area contributed by atoms with Crippen molar-refractivity contribution in [3.8, 4) is 0 Å². The van der Waals surface area contributed by atoms with Gasteiger partial charge in [0.25, 0.3) is 0 Å². The van der Waals surface area contributed by atoms with Crippen molar-refractivity contribution in [2.24, 2.45) is 0 Å². The molecule has 0 aromatic heterocycles. The highest BCUT2D eigenvalue weighted by Gasteiger charge is 2.38. The third-order valence-electron chi connectivity index (χ3n) is 2.22. The molecule has 1 aliphatic heterocycles. The summed E-state index contributed by atoms with van der Waals surface area (Å²) in [6, 6.07) is -0.426. The van der Waals surface area contributed by atoms with E-state index in [1.54, 1.807) is 0 Å². The first-order valence-electron chi connectivity index (χ1n) is 4.67. The Kier molecular flexibility index (Phi) is 6.06. The van der Waals surface area contributed by atoms with Crippen molar-refractivity contribution in [1.29, 1.82) is 0 Å². The Hall–Kier alpha value is -0.530. The van der Waals surface area contributed by atoms with Gasteiger partial charge in [-0.05, 0) is 19.4 Å². The molecule has 0 aliphatic carbocycles. The zero-order valence-electron chi connectivity index (χ0n) is 8.38. The quantitative estimate of drug-likeness (QED) is 0.681. The summed E-state index contributed by atoms with van der Waals surface area (Å²) in [6.45, 7) is -0.0968. The van der Waals surface area contributed by atoms with Crippen molar-refractivity contribution in [1.82, 2.24) is 10.6 Å². The van der Waals surface area contributed by atoms with Gasteiger partial charge < -0.3 is 15.7 Å². The maximum atomic E-state index is 11.9. The molecule has 1 aliphatic rings. The van der Waals surface area contributed by atoms with E-state index < -0.39 is 30.8 Å². The Labute approximate surface area is 97.0 Å². The summed E-state index contributed by atoms with van der Waals surface area (Å²) < 4.78 is 35.6. The van der Waals surface area contributed by atoms with Crippen LogP contribution in [0.2, 0.25) is 0 Å². The molecular weight excluding hydrogens is 249 g/mol. The second-order valence-electron chi connectivity index (χ2n) is 3.45. The molecule has 0 radical (unpaired) electrons. The van der Waals surface area contributed by atoms with Crippen LogP contribution in [0.3, 0.4) is 0 Å². The number of alkyl halides is 3. The molecule has 16 heavy (non-hydrogen) atoms. The topological polar surface area (TPSA) is 61.4 Å². The third kappa shape index (κ3) is 4.54. The van der Waals surface area contributed by atoms with E-state index in [0.29, 0.717) is 13.0 Å². The average molecular weight is 263 g/mol. The highest BCUT2D eigenvalue weighted by Crippen LogP contribution is 2.19. The summed E-state index contributed by atoms with van der Waals surface area (Å²) in [5, 5.41) is 13.5. The van der Waals surface area contributed by atoms with Crippen LogP contribution in [-0.4, -0.2) is 42.4 Å². The van der Waals surface area contributed by atoms with Crippen molar-refractivity contribution in [2.45, 2.75) is 31.2 Å². The van der Waals surface area contributed by atoms with E-state index in [2.05, 4.69) is 10.6 Å². The molecule has 1 fully saturated rings. The van der Waals surface area contributed by atoms with Crippen LogP contribution in [0.4, 0.5) is 13.2 Å². The summed E-state index contributed by atoms with van der Waals surface area (Å²) in [4.78, 5) is 11.2. The smallest absolute Gasteiger partial charge is 0.382 e. The second kappa shape index (κ2) is 6.27. The van der Waals surface area contributed by atoms with Gasteiger partial charge in [-0.2, -0.15) is 13.2 Å². The van der Waals surface area contributed by atoms with Crippen molar-refractivity contribution in [3.05, 3.63) is 0 Å². The van der Waals surface area contributed by atoms with E-state index in [4.69, 9.17) is 5.11 Å². The second-order valence-corrected chi connectivity index (χ2v) is 3.45. The maximum Gasteiger partial charge on any atom is 0.416 e. The Morgan fingerprint density at radius 1 is 1.56 bits per heavy atom. The van der Waals surface area contributed by atoms with E-state index in [1.807, 2.05) is 0 Å². The van der Waals surface area contributed by atoms with Crippen molar-refractivity contribution in [3.63, 3.8) is 0 Å². The summed E-state index contributed by atoms with van der Waals surface area (Å²) in [7, 11) is 0. The van der Waals surface area contributed by atoms with E-state index in [1.165, 1.54) is 0 Å². The zero-order valence-corrected chi connectivity index (χ0v) is 9.20. The van der Waals surface area contributed by atoms with Crippen LogP contribution in [0.5, 0.6) is 0 Å². The molecule has 1 saturated heterocycles. The lowest BCUT2D eigenvalue weighted by Crippen LogP contribution is -2.46. The first-order chi connectivity index (χ1) is 6.91. The first-order valence-corrected chi connectivity index (χ1v) is 4.67. The fourth-order valence-electron chi connectivity index (χ4n) is 1.34. The third-order valence-corrected chi connectivity index (χ3v) is 2.22. The first kappa shape index (κ1) is 15.5. The molecule has 0 saturated carbocycles. The number of aliphatic hydroxyl groups is 1. The fraction of sp³-hybridized carbons (Fsp3) is 0.875. The summed E-state index contributed by atoms with van der Waals surface area (Å²) in [5.74, 6) is -0.490. The Bertz CT molecular complexity index is 232. The molecule has 1 amide bonds. The van der Waals surface area contributed by atoms with Gasteiger partial charge in [0.2, 0.25) is 5.91 Å². The number of hydrogen-bond donors (Lipinski definition) is 3. The Balaban J connectivity index is 0.00000225. The van der Waals surface area contributed by atoms with Crippen LogP contribution in [0.15, 0.2) is 0 Å². The number of amides is 1. The van der Waals surface area contributed by atoms with Crippen molar-refractivity contribution in [2.75, 3.05) is 13.1 Å².